The fourth-order valence-electron chi connectivity index (χ4n) is 4.67. The van der Waals surface area contributed by atoms with Crippen molar-refractivity contribution in [1.82, 2.24) is 4.57 Å². The molecule has 2 heterocycles. The molecule has 6 aromatic rings. The van der Waals surface area contributed by atoms with E-state index < -0.39 is 0 Å². The van der Waals surface area contributed by atoms with E-state index in [1.165, 1.54) is 32.6 Å². The normalized spacial score (nSPS) is 12.0. The molecule has 0 aliphatic heterocycles. The zero-order chi connectivity index (χ0) is 20.9. The average Bonchev–Trinajstić information content (AvgIpc) is 3.30. The molecule has 0 saturated heterocycles. The van der Waals surface area contributed by atoms with Gasteiger partial charge in [0.15, 0.2) is 0 Å². The second-order valence-electron chi connectivity index (χ2n) is 7.84. The lowest BCUT2D eigenvalue weighted by atomic mass is 10.0. The van der Waals surface area contributed by atoms with Crippen LogP contribution in [0.1, 0.15) is 18.2 Å². The number of para-hydroxylation sites is 1. The Morgan fingerprint density at radius 1 is 0.774 bits per heavy atom. The van der Waals surface area contributed by atoms with E-state index in [9.17, 15) is 0 Å². The van der Waals surface area contributed by atoms with Crippen molar-refractivity contribution in [3.05, 3.63) is 103 Å². The van der Waals surface area contributed by atoms with E-state index in [1.807, 2.05) is 25.2 Å². The van der Waals surface area contributed by atoms with Gasteiger partial charge in [0.05, 0.1) is 11.0 Å². The van der Waals surface area contributed by atoms with Crippen LogP contribution in [0.25, 0.3) is 61.4 Å². The molecule has 0 fully saturated rings. The van der Waals surface area contributed by atoms with Gasteiger partial charge >= 0.3 is 0 Å². The summed E-state index contributed by atoms with van der Waals surface area (Å²) in [7, 11) is 0. The van der Waals surface area contributed by atoms with Crippen molar-refractivity contribution in [1.29, 1.82) is 0 Å². The molecule has 2 nitrogen and oxygen atoms in total. The number of fused-ring (bicyclic) bond motifs is 5. The smallest absolute Gasteiger partial charge is 0.136 e. The first-order valence-corrected chi connectivity index (χ1v) is 10.5. The molecule has 31 heavy (non-hydrogen) atoms. The largest absolute Gasteiger partial charge is 0.456 e. The van der Waals surface area contributed by atoms with Crippen LogP contribution in [0.2, 0.25) is 0 Å². The minimum Gasteiger partial charge on any atom is -0.456 e. The topological polar surface area (TPSA) is 18.1 Å². The van der Waals surface area contributed by atoms with Crippen molar-refractivity contribution in [2.75, 3.05) is 0 Å². The Labute approximate surface area is 180 Å². The maximum absolute atomic E-state index is 6.22. The van der Waals surface area contributed by atoms with Crippen molar-refractivity contribution in [2.45, 2.75) is 6.92 Å². The highest BCUT2D eigenvalue weighted by Crippen LogP contribution is 2.39. The van der Waals surface area contributed by atoms with Gasteiger partial charge in [-0.25, -0.2) is 0 Å². The van der Waals surface area contributed by atoms with Crippen LogP contribution in [-0.2, 0) is 0 Å². The zero-order valence-electron chi connectivity index (χ0n) is 17.3. The first-order valence-electron chi connectivity index (χ1n) is 10.5. The fourth-order valence-corrected chi connectivity index (χ4v) is 4.67. The molecular weight excluding hydrogens is 378 g/mol. The summed E-state index contributed by atoms with van der Waals surface area (Å²) in [6.45, 7) is 6.03. The monoisotopic (exact) mass is 399 g/mol. The summed E-state index contributed by atoms with van der Waals surface area (Å²) in [4.78, 5) is 0. The molecule has 0 unspecified atom stereocenters. The van der Waals surface area contributed by atoms with E-state index in [-0.39, 0.29) is 0 Å². The lowest BCUT2D eigenvalue weighted by Crippen LogP contribution is -1.93. The van der Waals surface area contributed by atoms with Gasteiger partial charge in [-0.1, -0.05) is 61.2 Å². The van der Waals surface area contributed by atoms with Crippen molar-refractivity contribution in [3.63, 3.8) is 0 Å². The van der Waals surface area contributed by atoms with Crippen LogP contribution in [0.5, 0.6) is 0 Å². The molecule has 0 N–H and O–H groups in total. The molecule has 0 radical (unpaired) electrons. The first-order chi connectivity index (χ1) is 15.3. The summed E-state index contributed by atoms with van der Waals surface area (Å²) in [5.41, 5.74) is 5.43. The van der Waals surface area contributed by atoms with Crippen LogP contribution in [0.3, 0.4) is 0 Å². The number of rotatable bonds is 3. The number of nitrogens with zero attached hydrogens (tertiary/aromatic N) is 1. The summed E-state index contributed by atoms with van der Waals surface area (Å²) >= 11 is 0. The third-order valence-electron chi connectivity index (χ3n) is 6.05. The van der Waals surface area contributed by atoms with Gasteiger partial charge in [0.2, 0.25) is 0 Å². The Bertz CT molecular complexity index is 1640. The molecule has 2 aromatic heterocycles. The number of furan rings is 1. The van der Waals surface area contributed by atoms with Gasteiger partial charge in [0.1, 0.15) is 11.3 Å². The second-order valence-corrected chi connectivity index (χ2v) is 7.84. The quantitative estimate of drug-likeness (QED) is 0.292. The van der Waals surface area contributed by atoms with E-state index in [0.29, 0.717) is 0 Å². The maximum atomic E-state index is 6.22. The number of allylic oxidation sites excluding steroid dienone is 1. The molecule has 148 valence electrons. The molecule has 4 aromatic carbocycles. The summed E-state index contributed by atoms with van der Waals surface area (Å²) in [6.07, 6.45) is 5.88. The average molecular weight is 399 g/mol. The van der Waals surface area contributed by atoms with E-state index in [0.717, 1.165) is 28.0 Å². The standard InChI is InChI=1S/C29H21NO/c1-3-10-28-22(4-2)25-17-27-24(18-29(25)31-28)23-15-19-11-8-9-12-20(19)16-26(23)30(27)21-13-6-5-7-14-21/h3-18H,2H2,1H3/b10-3-. The summed E-state index contributed by atoms with van der Waals surface area (Å²) < 4.78 is 8.58. The van der Waals surface area contributed by atoms with Crippen molar-refractivity contribution in [2.24, 2.45) is 0 Å². The van der Waals surface area contributed by atoms with Gasteiger partial charge in [-0.15, -0.1) is 0 Å². The van der Waals surface area contributed by atoms with Crippen molar-refractivity contribution >= 4 is 55.7 Å². The third kappa shape index (κ3) is 2.58. The highest BCUT2D eigenvalue weighted by Gasteiger charge is 2.17. The van der Waals surface area contributed by atoms with E-state index >= 15 is 0 Å². The summed E-state index contributed by atoms with van der Waals surface area (Å²) in [5, 5.41) is 5.97. The highest BCUT2D eigenvalue weighted by molar-refractivity contribution is 6.17. The van der Waals surface area contributed by atoms with E-state index in [2.05, 4.69) is 90.0 Å². The van der Waals surface area contributed by atoms with Gasteiger partial charge < -0.3 is 8.98 Å². The fraction of sp³-hybridized carbons (Fsp3) is 0.0345. The lowest BCUT2D eigenvalue weighted by molar-refractivity contribution is 0.603. The summed E-state index contributed by atoms with van der Waals surface area (Å²) in [5.74, 6) is 0.848. The second kappa shape index (κ2) is 6.75. The molecular formula is C29H21NO. The molecule has 0 saturated carbocycles. The Hall–Kier alpha value is -4.04. The Morgan fingerprint density at radius 3 is 2.19 bits per heavy atom. The molecule has 0 aliphatic rings. The molecule has 0 atom stereocenters. The van der Waals surface area contributed by atoms with E-state index in [4.69, 9.17) is 4.42 Å². The lowest BCUT2D eigenvalue weighted by Gasteiger charge is -2.08. The van der Waals surface area contributed by atoms with E-state index in [1.54, 1.807) is 0 Å². The molecule has 0 bridgehead atoms. The number of hydrogen-bond donors (Lipinski definition) is 0. The summed E-state index contributed by atoms with van der Waals surface area (Å²) in [6, 6.07) is 28.1. The van der Waals surface area contributed by atoms with Gasteiger partial charge in [-0.2, -0.15) is 0 Å². The van der Waals surface area contributed by atoms with Crippen LogP contribution >= 0.6 is 0 Å². The van der Waals surface area contributed by atoms with Gasteiger partial charge in [0.25, 0.3) is 0 Å². The Morgan fingerprint density at radius 2 is 1.45 bits per heavy atom. The maximum Gasteiger partial charge on any atom is 0.136 e. The van der Waals surface area contributed by atoms with Gasteiger partial charge in [0, 0.05) is 27.4 Å². The van der Waals surface area contributed by atoms with Crippen molar-refractivity contribution < 1.29 is 4.42 Å². The minimum absolute atomic E-state index is 0.848. The van der Waals surface area contributed by atoms with Gasteiger partial charge in [-0.3, -0.25) is 0 Å². The highest BCUT2D eigenvalue weighted by atomic mass is 16.3. The van der Waals surface area contributed by atoms with Crippen LogP contribution in [-0.4, -0.2) is 4.57 Å². The number of benzene rings is 4. The first kappa shape index (κ1) is 17.8. The third-order valence-corrected chi connectivity index (χ3v) is 6.05. The number of hydrogen-bond acceptors (Lipinski definition) is 1. The minimum atomic E-state index is 0.848. The zero-order valence-corrected chi connectivity index (χ0v) is 17.3. The number of aromatic nitrogens is 1. The molecule has 6 rings (SSSR count). The molecule has 0 spiro atoms. The van der Waals surface area contributed by atoms with Crippen LogP contribution < -0.4 is 0 Å². The van der Waals surface area contributed by atoms with Crippen LogP contribution in [0.15, 0.2) is 95.9 Å². The predicted octanol–water partition coefficient (Wildman–Crippen LogP) is 8.36. The predicted molar refractivity (Wildman–Crippen MR) is 133 cm³/mol. The SMILES string of the molecule is C=Cc1c(/C=C\C)oc2cc3c4cc5ccccc5cc4n(-c4ccccc4)c3cc12. The van der Waals surface area contributed by atoms with Gasteiger partial charge in [-0.05, 0) is 60.2 Å². The molecule has 0 aliphatic carbocycles. The van der Waals surface area contributed by atoms with Crippen LogP contribution in [0, 0.1) is 0 Å². The molecule has 0 amide bonds. The molecule has 2 heteroatoms. The Balaban J connectivity index is 1.83. The van der Waals surface area contributed by atoms with Crippen LogP contribution in [0.4, 0.5) is 0 Å². The Kier molecular flexibility index (Phi) is 3.87. The van der Waals surface area contributed by atoms with Crippen molar-refractivity contribution in [3.8, 4) is 5.69 Å².